The summed E-state index contributed by atoms with van der Waals surface area (Å²) in [5.74, 6) is 0.565. The first-order chi connectivity index (χ1) is 15.3. The first kappa shape index (κ1) is 22.8. The van der Waals surface area contributed by atoms with Crippen LogP contribution in [0.25, 0.3) is 44.6 Å². The lowest BCUT2D eigenvalue weighted by Gasteiger charge is -2.29. The van der Waals surface area contributed by atoms with Gasteiger partial charge in [-0.05, 0) is 47.5 Å². The van der Waals surface area contributed by atoms with Crippen LogP contribution in [0.1, 0.15) is 0 Å². The molecule has 0 unspecified atom stereocenters. The van der Waals surface area contributed by atoms with Crippen molar-refractivity contribution < 1.29 is 0 Å². The Morgan fingerprint density at radius 1 is 0.939 bits per heavy atom. The van der Waals surface area contributed by atoms with Crippen molar-refractivity contribution in [2.24, 2.45) is 0 Å². The second kappa shape index (κ2) is 9.27. The molecule has 0 amide bonds. The number of hydrogen-bond acceptors (Lipinski definition) is 5. The fraction of sp³-hybridized carbons (Fsp3) is 0.174. The van der Waals surface area contributed by atoms with E-state index in [0.717, 1.165) is 59.4 Å². The second-order valence-corrected chi connectivity index (χ2v) is 7.75. The molecule has 4 N–H and O–H groups in total. The van der Waals surface area contributed by atoms with E-state index in [-0.39, 0.29) is 30.4 Å². The molecule has 0 saturated carbocycles. The number of nitrogens with one attached hydrogen (secondary N) is 4. The lowest BCUT2D eigenvalue weighted by molar-refractivity contribution is 0.589. The number of benzene rings is 1. The summed E-state index contributed by atoms with van der Waals surface area (Å²) in [7, 11) is 0. The van der Waals surface area contributed by atoms with Crippen LogP contribution in [0, 0.1) is 0 Å². The molecule has 5 heterocycles. The molecule has 33 heavy (non-hydrogen) atoms. The summed E-state index contributed by atoms with van der Waals surface area (Å²) in [6.07, 6.45) is 5.36. The van der Waals surface area contributed by atoms with Crippen molar-refractivity contribution in [1.82, 2.24) is 30.2 Å². The lowest BCUT2D eigenvalue weighted by Crippen LogP contribution is -2.43. The van der Waals surface area contributed by atoms with Crippen LogP contribution in [0.4, 0.5) is 5.69 Å². The number of halogens is 2. The molecule has 1 aromatic carbocycles. The van der Waals surface area contributed by atoms with Gasteiger partial charge in [-0.1, -0.05) is 0 Å². The fourth-order valence-electron chi connectivity index (χ4n) is 4.27. The normalized spacial score (nSPS) is 13.6. The highest BCUT2D eigenvalue weighted by molar-refractivity contribution is 5.93. The number of H-pyrrole nitrogens is 3. The highest BCUT2D eigenvalue weighted by Gasteiger charge is 2.15. The van der Waals surface area contributed by atoms with Gasteiger partial charge in [-0.25, -0.2) is 9.97 Å². The van der Waals surface area contributed by atoms with Gasteiger partial charge in [0.05, 0.1) is 16.6 Å². The number of pyridine rings is 2. The molecular weight excluding hydrogens is 461 g/mol. The summed E-state index contributed by atoms with van der Waals surface area (Å²) >= 11 is 0. The molecule has 1 aliphatic heterocycles. The minimum Gasteiger partial charge on any atom is -0.369 e. The predicted molar refractivity (Wildman–Crippen MR) is 137 cm³/mol. The third kappa shape index (κ3) is 4.08. The van der Waals surface area contributed by atoms with Crippen molar-refractivity contribution in [1.29, 1.82) is 0 Å². The van der Waals surface area contributed by atoms with E-state index in [1.807, 2.05) is 30.5 Å². The molecule has 4 aromatic heterocycles. The molecule has 0 atom stereocenters. The molecule has 8 nitrogen and oxygen atoms in total. The van der Waals surface area contributed by atoms with Gasteiger partial charge >= 0.3 is 0 Å². The van der Waals surface area contributed by atoms with Crippen LogP contribution in [-0.2, 0) is 0 Å². The number of anilines is 1. The van der Waals surface area contributed by atoms with Crippen molar-refractivity contribution in [3.05, 3.63) is 65.3 Å². The molecule has 0 bridgehead atoms. The van der Waals surface area contributed by atoms with Crippen LogP contribution in [0.2, 0.25) is 0 Å². The van der Waals surface area contributed by atoms with E-state index in [0.29, 0.717) is 11.4 Å². The predicted octanol–water partition coefficient (Wildman–Crippen LogP) is 3.71. The number of aromatic nitrogens is 5. The lowest BCUT2D eigenvalue weighted by atomic mass is 10.0. The van der Waals surface area contributed by atoms with E-state index in [4.69, 9.17) is 4.98 Å². The number of rotatable bonds is 3. The zero-order chi connectivity index (χ0) is 20.8. The quantitative estimate of drug-likeness (QED) is 0.313. The van der Waals surface area contributed by atoms with Crippen LogP contribution in [0.15, 0.2) is 59.8 Å². The van der Waals surface area contributed by atoms with Gasteiger partial charge in [0, 0.05) is 55.8 Å². The first-order valence-electron chi connectivity index (χ1n) is 10.4. The smallest absolute Gasteiger partial charge is 0.259 e. The summed E-state index contributed by atoms with van der Waals surface area (Å²) in [5, 5.41) is 4.38. The Morgan fingerprint density at radius 2 is 1.79 bits per heavy atom. The number of nitrogens with zero attached hydrogens (tertiary/aromatic N) is 3. The molecular formula is C23H23Cl2N7O. The molecule has 5 aromatic rings. The Balaban J connectivity index is 0.00000130. The van der Waals surface area contributed by atoms with Gasteiger partial charge < -0.3 is 25.2 Å². The van der Waals surface area contributed by atoms with Crippen molar-refractivity contribution in [3.8, 4) is 22.5 Å². The van der Waals surface area contributed by atoms with Crippen LogP contribution in [0.3, 0.4) is 0 Å². The average molecular weight is 484 g/mol. The third-order valence-corrected chi connectivity index (χ3v) is 5.88. The molecule has 0 aliphatic carbocycles. The molecule has 0 spiro atoms. The number of aromatic amines is 3. The standard InChI is InChI=1S/C23H21N7O.2ClH/c31-23-18(11-14(13-27-23)16-3-5-25-21-17(16)4-6-26-21)22-28-19-2-1-15(12-20(19)29-22)30-9-7-24-8-10-30;;/h1-6,11-13,24H,7-10H2,(H,25,26)(H,27,31)(H,28,29);2*1H. The number of imidazole rings is 1. The average Bonchev–Trinajstić information content (AvgIpc) is 3.46. The van der Waals surface area contributed by atoms with E-state index >= 15 is 0 Å². The third-order valence-electron chi connectivity index (χ3n) is 5.88. The summed E-state index contributed by atoms with van der Waals surface area (Å²) in [5.41, 5.74) is 5.99. The van der Waals surface area contributed by atoms with Crippen molar-refractivity contribution in [2.45, 2.75) is 0 Å². The van der Waals surface area contributed by atoms with Crippen LogP contribution in [-0.4, -0.2) is 51.1 Å². The molecule has 0 radical (unpaired) electrons. The van der Waals surface area contributed by atoms with Crippen molar-refractivity contribution >= 4 is 52.6 Å². The molecule has 1 aliphatic rings. The van der Waals surface area contributed by atoms with Crippen LogP contribution < -0.4 is 15.8 Å². The fourth-order valence-corrected chi connectivity index (χ4v) is 4.27. The first-order valence-corrected chi connectivity index (χ1v) is 10.4. The summed E-state index contributed by atoms with van der Waals surface area (Å²) in [6, 6.07) is 12.0. The van der Waals surface area contributed by atoms with Crippen LogP contribution >= 0.6 is 24.8 Å². The Kier molecular flexibility index (Phi) is 6.42. The largest absolute Gasteiger partial charge is 0.369 e. The van der Waals surface area contributed by atoms with Gasteiger partial charge in [0.15, 0.2) is 0 Å². The van der Waals surface area contributed by atoms with Gasteiger partial charge in [0.2, 0.25) is 0 Å². The number of hydrogen-bond donors (Lipinski definition) is 4. The summed E-state index contributed by atoms with van der Waals surface area (Å²) in [4.78, 5) is 33.4. The second-order valence-electron chi connectivity index (χ2n) is 7.75. The van der Waals surface area contributed by atoms with E-state index in [9.17, 15) is 4.79 Å². The van der Waals surface area contributed by atoms with Gasteiger partial charge in [-0.3, -0.25) is 4.79 Å². The highest BCUT2D eigenvalue weighted by atomic mass is 35.5. The van der Waals surface area contributed by atoms with Gasteiger partial charge in [-0.15, -0.1) is 24.8 Å². The van der Waals surface area contributed by atoms with Crippen molar-refractivity contribution in [3.63, 3.8) is 0 Å². The Labute approximate surface area is 201 Å². The maximum atomic E-state index is 12.7. The van der Waals surface area contributed by atoms with Crippen molar-refractivity contribution in [2.75, 3.05) is 31.1 Å². The summed E-state index contributed by atoms with van der Waals surface area (Å²) in [6.45, 7) is 3.93. The maximum Gasteiger partial charge on any atom is 0.259 e. The zero-order valence-electron chi connectivity index (χ0n) is 17.6. The monoisotopic (exact) mass is 483 g/mol. The molecule has 1 fully saturated rings. The summed E-state index contributed by atoms with van der Waals surface area (Å²) < 4.78 is 0. The molecule has 6 rings (SSSR count). The van der Waals surface area contributed by atoms with E-state index in [2.05, 4.69) is 42.3 Å². The van der Waals surface area contributed by atoms with Gasteiger partial charge in [0.1, 0.15) is 11.5 Å². The maximum absolute atomic E-state index is 12.7. The Hall–Kier alpha value is -3.33. The van der Waals surface area contributed by atoms with Gasteiger partial charge in [-0.2, -0.15) is 0 Å². The minimum absolute atomic E-state index is 0. The molecule has 1 saturated heterocycles. The molecule has 170 valence electrons. The van der Waals surface area contributed by atoms with E-state index in [1.54, 1.807) is 12.4 Å². The SMILES string of the molecule is Cl.Cl.O=c1[nH]cc(-c2ccnc3[nH]ccc23)cc1-c1nc2ccc(N3CCNCC3)cc2[nH]1. The molecule has 10 heteroatoms. The zero-order valence-corrected chi connectivity index (χ0v) is 19.2. The van der Waals surface area contributed by atoms with E-state index < -0.39 is 0 Å². The number of fused-ring (bicyclic) bond motifs is 2. The van der Waals surface area contributed by atoms with Crippen LogP contribution in [0.5, 0.6) is 0 Å². The number of piperazine rings is 1. The Bertz CT molecular complexity index is 1470. The van der Waals surface area contributed by atoms with E-state index in [1.165, 1.54) is 5.69 Å². The highest BCUT2D eigenvalue weighted by Crippen LogP contribution is 2.29. The minimum atomic E-state index is -0.176. The Morgan fingerprint density at radius 3 is 2.64 bits per heavy atom. The van der Waals surface area contributed by atoms with Gasteiger partial charge in [0.25, 0.3) is 5.56 Å². The topological polar surface area (TPSA) is 105 Å².